The maximum atomic E-state index is 11.3. The maximum Gasteiger partial charge on any atom is 0.219 e. The number of rotatable bonds is 4. The van der Waals surface area contributed by atoms with Crippen LogP contribution >= 0.6 is 0 Å². The van der Waals surface area contributed by atoms with Gasteiger partial charge in [-0.2, -0.15) is 0 Å². The molecule has 6 heteroatoms. The first-order chi connectivity index (χ1) is 11.6. The van der Waals surface area contributed by atoms with E-state index in [1.807, 2.05) is 4.90 Å². The minimum absolute atomic E-state index is 0.162. The van der Waals surface area contributed by atoms with Crippen LogP contribution in [0.3, 0.4) is 0 Å². The summed E-state index contributed by atoms with van der Waals surface area (Å²) < 4.78 is 0. The van der Waals surface area contributed by atoms with E-state index in [-0.39, 0.29) is 5.91 Å². The molecule has 0 radical (unpaired) electrons. The number of anilines is 1. The van der Waals surface area contributed by atoms with Gasteiger partial charge in [-0.3, -0.25) is 14.7 Å². The standard InChI is InChI=1S/C18H27N5O/c1-14(24)23-11-9-22(10-12-23)8-7-20-18(19)21-17-6-5-15-3-2-4-16(15)13-17/h5-6,13H,2-4,7-12H2,1H3,(H3,19,20,21). The van der Waals surface area contributed by atoms with E-state index in [1.54, 1.807) is 6.92 Å². The molecular weight excluding hydrogens is 302 g/mol. The number of nitrogens with two attached hydrogens (primary N) is 1. The summed E-state index contributed by atoms with van der Waals surface area (Å²) in [6.45, 7) is 6.61. The smallest absolute Gasteiger partial charge is 0.219 e. The molecule has 0 aromatic heterocycles. The molecule has 1 aliphatic carbocycles. The minimum Gasteiger partial charge on any atom is -0.370 e. The van der Waals surface area contributed by atoms with Gasteiger partial charge < -0.3 is 16.0 Å². The first-order valence-electron chi connectivity index (χ1n) is 8.78. The molecule has 1 aliphatic heterocycles. The van der Waals surface area contributed by atoms with Crippen LogP contribution < -0.4 is 11.1 Å². The van der Waals surface area contributed by atoms with Crippen LogP contribution in [0, 0.1) is 0 Å². The van der Waals surface area contributed by atoms with E-state index >= 15 is 0 Å². The van der Waals surface area contributed by atoms with Crippen LogP contribution in [0.2, 0.25) is 0 Å². The molecule has 6 nitrogen and oxygen atoms in total. The molecule has 1 saturated heterocycles. The Kier molecular flexibility index (Phi) is 5.35. The number of carbonyl (C=O) groups excluding carboxylic acids is 1. The van der Waals surface area contributed by atoms with Gasteiger partial charge in [0.2, 0.25) is 5.91 Å². The van der Waals surface area contributed by atoms with Crippen LogP contribution in [0.15, 0.2) is 23.2 Å². The highest BCUT2D eigenvalue weighted by Gasteiger charge is 2.17. The van der Waals surface area contributed by atoms with Crippen LogP contribution in [0.4, 0.5) is 5.69 Å². The van der Waals surface area contributed by atoms with Crippen LogP contribution in [-0.4, -0.2) is 60.9 Å². The lowest BCUT2D eigenvalue weighted by Gasteiger charge is -2.33. The molecule has 1 aromatic rings. The molecule has 3 N–H and O–H groups in total. The number of amides is 1. The molecule has 1 aromatic carbocycles. The van der Waals surface area contributed by atoms with E-state index in [4.69, 9.17) is 5.73 Å². The number of hydrogen-bond acceptors (Lipinski definition) is 3. The highest BCUT2D eigenvalue weighted by molar-refractivity contribution is 5.92. The average Bonchev–Trinajstić information content (AvgIpc) is 3.03. The van der Waals surface area contributed by atoms with Gasteiger partial charge in [0, 0.05) is 45.3 Å². The second kappa shape index (κ2) is 7.66. The summed E-state index contributed by atoms with van der Waals surface area (Å²) in [7, 11) is 0. The number of nitrogens with one attached hydrogen (secondary N) is 1. The fraction of sp³-hybridized carbons (Fsp3) is 0.556. The summed E-state index contributed by atoms with van der Waals surface area (Å²) in [5.74, 6) is 0.630. The fourth-order valence-corrected chi connectivity index (χ4v) is 3.44. The lowest BCUT2D eigenvalue weighted by atomic mass is 10.1. The highest BCUT2D eigenvalue weighted by atomic mass is 16.2. The molecule has 1 amide bonds. The third kappa shape index (κ3) is 4.26. The largest absolute Gasteiger partial charge is 0.370 e. The molecule has 24 heavy (non-hydrogen) atoms. The van der Waals surface area contributed by atoms with Gasteiger partial charge in [0.15, 0.2) is 5.96 Å². The maximum absolute atomic E-state index is 11.3. The molecule has 3 rings (SSSR count). The summed E-state index contributed by atoms with van der Waals surface area (Å²) >= 11 is 0. The Bertz CT molecular complexity index is 620. The zero-order valence-corrected chi connectivity index (χ0v) is 14.4. The van der Waals surface area contributed by atoms with E-state index in [1.165, 1.54) is 24.0 Å². The molecular formula is C18H27N5O. The van der Waals surface area contributed by atoms with Crippen molar-refractivity contribution in [2.45, 2.75) is 26.2 Å². The van der Waals surface area contributed by atoms with Crippen molar-refractivity contribution >= 4 is 17.6 Å². The third-order valence-corrected chi connectivity index (χ3v) is 4.89. The van der Waals surface area contributed by atoms with Crippen LogP contribution in [0.25, 0.3) is 0 Å². The molecule has 0 atom stereocenters. The Morgan fingerprint density at radius 3 is 2.71 bits per heavy atom. The van der Waals surface area contributed by atoms with E-state index in [0.29, 0.717) is 12.5 Å². The van der Waals surface area contributed by atoms with Gasteiger partial charge in [0.25, 0.3) is 0 Å². The first-order valence-corrected chi connectivity index (χ1v) is 8.78. The van der Waals surface area contributed by atoms with Crippen LogP contribution in [0.5, 0.6) is 0 Å². The van der Waals surface area contributed by atoms with Crippen molar-refractivity contribution in [1.29, 1.82) is 0 Å². The second-order valence-corrected chi connectivity index (χ2v) is 6.58. The van der Waals surface area contributed by atoms with Crippen molar-refractivity contribution < 1.29 is 4.79 Å². The van der Waals surface area contributed by atoms with Gasteiger partial charge in [0.05, 0.1) is 6.54 Å². The second-order valence-electron chi connectivity index (χ2n) is 6.58. The van der Waals surface area contributed by atoms with E-state index < -0.39 is 0 Å². The molecule has 0 spiro atoms. The number of aliphatic imine (C=N–C) groups is 1. The average molecular weight is 329 g/mol. The summed E-state index contributed by atoms with van der Waals surface area (Å²) in [5.41, 5.74) is 9.90. The number of nitrogens with zero attached hydrogens (tertiary/aromatic N) is 3. The summed E-state index contributed by atoms with van der Waals surface area (Å²) in [6, 6.07) is 6.45. The Morgan fingerprint density at radius 1 is 1.21 bits per heavy atom. The van der Waals surface area contributed by atoms with Crippen molar-refractivity contribution in [2.75, 3.05) is 44.6 Å². The third-order valence-electron chi connectivity index (χ3n) is 4.89. The quantitative estimate of drug-likeness (QED) is 0.640. The molecule has 1 fully saturated rings. The normalized spacial score (nSPS) is 18.5. The molecule has 0 bridgehead atoms. The SMILES string of the molecule is CC(=O)N1CCN(CCN=C(N)Nc2ccc3c(c2)CCC3)CC1. The van der Waals surface area contributed by atoms with Gasteiger partial charge >= 0.3 is 0 Å². The number of aryl methyl sites for hydroxylation is 2. The molecule has 130 valence electrons. The fourth-order valence-electron chi connectivity index (χ4n) is 3.44. The van der Waals surface area contributed by atoms with Crippen molar-refractivity contribution in [2.24, 2.45) is 10.7 Å². The van der Waals surface area contributed by atoms with Crippen molar-refractivity contribution in [3.63, 3.8) is 0 Å². The Hall–Kier alpha value is -2.08. The van der Waals surface area contributed by atoms with E-state index in [2.05, 4.69) is 33.4 Å². The lowest BCUT2D eigenvalue weighted by molar-refractivity contribution is -0.130. The molecule has 2 aliphatic rings. The van der Waals surface area contributed by atoms with Crippen LogP contribution in [0.1, 0.15) is 24.5 Å². The predicted molar refractivity (Wildman–Crippen MR) is 97.3 cm³/mol. The van der Waals surface area contributed by atoms with Crippen LogP contribution in [-0.2, 0) is 17.6 Å². The first kappa shape index (κ1) is 16.8. The number of benzene rings is 1. The lowest BCUT2D eigenvalue weighted by Crippen LogP contribution is -2.48. The summed E-state index contributed by atoms with van der Waals surface area (Å²) in [4.78, 5) is 20.0. The van der Waals surface area contributed by atoms with E-state index in [9.17, 15) is 4.79 Å². The zero-order chi connectivity index (χ0) is 16.9. The van der Waals surface area contributed by atoms with Crippen molar-refractivity contribution in [1.82, 2.24) is 9.80 Å². The number of guanidine groups is 1. The predicted octanol–water partition coefficient (Wildman–Crippen LogP) is 1.07. The Morgan fingerprint density at radius 2 is 1.96 bits per heavy atom. The van der Waals surface area contributed by atoms with Crippen molar-refractivity contribution in [3.8, 4) is 0 Å². The van der Waals surface area contributed by atoms with E-state index in [0.717, 1.165) is 44.8 Å². The van der Waals surface area contributed by atoms with Gasteiger partial charge in [-0.15, -0.1) is 0 Å². The Labute approximate surface area is 143 Å². The number of carbonyl (C=O) groups is 1. The highest BCUT2D eigenvalue weighted by Crippen LogP contribution is 2.24. The van der Waals surface area contributed by atoms with Crippen molar-refractivity contribution in [3.05, 3.63) is 29.3 Å². The number of fused-ring (bicyclic) bond motifs is 1. The number of piperazine rings is 1. The molecule has 0 unspecified atom stereocenters. The van der Waals surface area contributed by atoms with Gasteiger partial charge in [-0.25, -0.2) is 0 Å². The Balaban J connectivity index is 1.43. The topological polar surface area (TPSA) is 74.0 Å². The zero-order valence-electron chi connectivity index (χ0n) is 14.4. The van der Waals surface area contributed by atoms with Gasteiger partial charge in [-0.1, -0.05) is 6.07 Å². The monoisotopic (exact) mass is 329 g/mol. The molecule has 1 heterocycles. The summed E-state index contributed by atoms with van der Waals surface area (Å²) in [5, 5.41) is 3.19. The summed E-state index contributed by atoms with van der Waals surface area (Å²) in [6.07, 6.45) is 3.60. The molecule has 0 saturated carbocycles. The van der Waals surface area contributed by atoms with Gasteiger partial charge in [-0.05, 0) is 42.5 Å². The minimum atomic E-state index is 0.162. The van der Waals surface area contributed by atoms with Gasteiger partial charge in [0.1, 0.15) is 0 Å². The number of hydrogen-bond donors (Lipinski definition) is 2.